The Morgan fingerprint density at radius 3 is 2.83 bits per heavy atom. The molecule has 4 nitrogen and oxygen atoms in total. The molecule has 0 fully saturated rings. The highest BCUT2D eigenvalue weighted by molar-refractivity contribution is 7.13. The largest absolute Gasteiger partial charge is 0.351 e. The zero-order valence-corrected chi connectivity index (χ0v) is 14.9. The van der Waals surface area contributed by atoms with Crippen LogP contribution in [0.2, 0.25) is 5.02 Å². The Hall–Kier alpha value is -2.11. The molecule has 0 unspecified atom stereocenters. The van der Waals surface area contributed by atoms with Crippen molar-refractivity contribution in [2.75, 3.05) is 6.54 Å². The van der Waals surface area contributed by atoms with E-state index in [0.29, 0.717) is 22.9 Å². The number of halogens is 1. The molecular formula is C18H18ClN3OS. The van der Waals surface area contributed by atoms with Gasteiger partial charge < -0.3 is 5.32 Å². The normalized spacial score (nSPS) is 10.8. The lowest BCUT2D eigenvalue weighted by Crippen LogP contribution is -2.26. The quantitative estimate of drug-likeness (QED) is 0.643. The molecule has 0 spiro atoms. The van der Waals surface area contributed by atoms with Gasteiger partial charge in [-0.1, -0.05) is 43.1 Å². The predicted octanol–water partition coefficient (Wildman–Crippen LogP) is 4.78. The van der Waals surface area contributed by atoms with Gasteiger partial charge in [-0.25, -0.2) is 4.68 Å². The van der Waals surface area contributed by atoms with E-state index < -0.39 is 0 Å². The van der Waals surface area contributed by atoms with Crippen LogP contribution in [0, 0.1) is 0 Å². The number of rotatable bonds is 6. The Morgan fingerprint density at radius 1 is 1.29 bits per heavy atom. The number of nitrogens with one attached hydrogen (secondary N) is 1. The maximum absolute atomic E-state index is 12.6. The first-order chi connectivity index (χ1) is 11.7. The number of para-hydroxylation sites is 1. The molecule has 0 saturated heterocycles. The Bertz CT molecular complexity index is 827. The minimum Gasteiger partial charge on any atom is -0.351 e. The molecule has 0 atom stereocenters. The molecule has 3 aromatic rings. The number of hydrogen-bond donors (Lipinski definition) is 1. The molecule has 6 heteroatoms. The van der Waals surface area contributed by atoms with Crippen LogP contribution >= 0.6 is 22.9 Å². The van der Waals surface area contributed by atoms with Crippen molar-refractivity contribution in [3.8, 4) is 16.3 Å². The van der Waals surface area contributed by atoms with Gasteiger partial charge in [0, 0.05) is 6.54 Å². The summed E-state index contributed by atoms with van der Waals surface area (Å²) in [7, 11) is 0. The molecule has 0 bridgehead atoms. The summed E-state index contributed by atoms with van der Waals surface area (Å²) in [5.41, 5.74) is 1.95. The number of thiophene rings is 1. The third-order valence-electron chi connectivity index (χ3n) is 3.61. The number of carbonyl (C=O) groups is 1. The highest BCUT2D eigenvalue weighted by atomic mass is 35.5. The van der Waals surface area contributed by atoms with Crippen LogP contribution in [0.3, 0.4) is 0 Å². The topological polar surface area (TPSA) is 46.9 Å². The second-order valence-electron chi connectivity index (χ2n) is 5.36. The molecule has 1 N–H and O–H groups in total. The fraction of sp³-hybridized carbons (Fsp3) is 0.222. The summed E-state index contributed by atoms with van der Waals surface area (Å²) in [5, 5.41) is 10.1. The maximum Gasteiger partial charge on any atom is 0.270 e. The van der Waals surface area contributed by atoms with Crippen molar-refractivity contribution in [1.29, 1.82) is 0 Å². The van der Waals surface area contributed by atoms with Crippen molar-refractivity contribution in [2.45, 2.75) is 19.8 Å². The zero-order chi connectivity index (χ0) is 16.9. The van der Waals surface area contributed by atoms with E-state index in [0.717, 1.165) is 23.4 Å². The average Bonchev–Trinajstić information content (AvgIpc) is 3.25. The summed E-state index contributed by atoms with van der Waals surface area (Å²) < 4.78 is 1.62. The third kappa shape index (κ3) is 3.52. The van der Waals surface area contributed by atoms with Crippen LogP contribution in [0.15, 0.2) is 47.8 Å². The highest BCUT2D eigenvalue weighted by Gasteiger charge is 2.19. The molecule has 124 valence electrons. The standard InChI is InChI=1S/C18H18ClN3OS/c1-2-3-10-20-18(23)16-12-14(17-9-6-11-24-17)21-22(16)15-8-5-4-7-13(15)19/h4-9,11-12H,2-3,10H2,1H3,(H,20,23). The summed E-state index contributed by atoms with van der Waals surface area (Å²) in [4.78, 5) is 13.6. The summed E-state index contributed by atoms with van der Waals surface area (Å²) in [5.74, 6) is -0.140. The molecule has 0 saturated carbocycles. The van der Waals surface area contributed by atoms with E-state index in [1.165, 1.54) is 0 Å². The van der Waals surface area contributed by atoms with Crippen molar-refractivity contribution >= 4 is 28.8 Å². The molecule has 1 amide bonds. The van der Waals surface area contributed by atoms with E-state index in [2.05, 4.69) is 17.3 Å². The number of amides is 1. The summed E-state index contributed by atoms with van der Waals surface area (Å²) in [6.07, 6.45) is 1.98. The van der Waals surface area contributed by atoms with Gasteiger partial charge in [0.15, 0.2) is 0 Å². The molecule has 2 heterocycles. The smallest absolute Gasteiger partial charge is 0.270 e. The Labute approximate surface area is 150 Å². The first-order valence-electron chi connectivity index (χ1n) is 7.87. The highest BCUT2D eigenvalue weighted by Crippen LogP contribution is 2.28. The van der Waals surface area contributed by atoms with Gasteiger partial charge in [0.1, 0.15) is 11.4 Å². The fourth-order valence-electron chi connectivity index (χ4n) is 2.36. The van der Waals surface area contributed by atoms with Crippen LogP contribution < -0.4 is 5.32 Å². The van der Waals surface area contributed by atoms with Crippen molar-refractivity contribution in [3.63, 3.8) is 0 Å². The molecule has 3 rings (SSSR count). The predicted molar refractivity (Wildman–Crippen MR) is 99.1 cm³/mol. The SMILES string of the molecule is CCCCNC(=O)c1cc(-c2cccs2)nn1-c1ccccc1Cl. The van der Waals surface area contributed by atoms with E-state index >= 15 is 0 Å². The summed E-state index contributed by atoms with van der Waals surface area (Å²) in [6, 6.07) is 13.2. The minimum atomic E-state index is -0.140. The molecule has 0 aliphatic heterocycles. The number of hydrogen-bond acceptors (Lipinski definition) is 3. The Morgan fingerprint density at radius 2 is 2.12 bits per heavy atom. The van der Waals surface area contributed by atoms with Crippen LogP contribution in [0.1, 0.15) is 30.3 Å². The molecule has 2 aromatic heterocycles. The van der Waals surface area contributed by atoms with Gasteiger partial charge in [-0.3, -0.25) is 4.79 Å². The third-order valence-corrected chi connectivity index (χ3v) is 4.82. The molecule has 0 aliphatic rings. The van der Waals surface area contributed by atoms with Gasteiger partial charge >= 0.3 is 0 Å². The first kappa shape index (κ1) is 16.7. The van der Waals surface area contributed by atoms with Crippen molar-refractivity contribution < 1.29 is 4.79 Å². The molecule has 0 radical (unpaired) electrons. The lowest BCUT2D eigenvalue weighted by Gasteiger charge is -2.09. The zero-order valence-electron chi connectivity index (χ0n) is 13.3. The Kier molecular flexibility index (Phi) is 5.33. The van der Waals surface area contributed by atoms with E-state index in [-0.39, 0.29) is 5.91 Å². The number of unbranched alkanes of at least 4 members (excludes halogenated alkanes) is 1. The first-order valence-corrected chi connectivity index (χ1v) is 9.13. The van der Waals surface area contributed by atoms with Crippen LogP contribution in [-0.4, -0.2) is 22.2 Å². The molecule has 1 aromatic carbocycles. The van der Waals surface area contributed by atoms with Gasteiger partial charge in [-0.15, -0.1) is 11.3 Å². The lowest BCUT2D eigenvalue weighted by molar-refractivity contribution is 0.0945. The van der Waals surface area contributed by atoms with Crippen LogP contribution in [0.5, 0.6) is 0 Å². The number of benzene rings is 1. The van der Waals surface area contributed by atoms with E-state index in [1.54, 1.807) is 22.1 Å². The van der Waals surface area contributed by atoms with Crippen LogP contribution in [0.4, 0.5) is 0 Å². The summed E-state index contributed by atoms with van der Waals surface area (Å²) >= 11 is 7.90. The average molecular weight is 360 g/mol. The van der Waals surface area contributed by atoms with E-state index in [9.17, 15) is 4.79 Å². The van der Waals surface area contributed by atoms with Gasteiger partial charge in [-0.2, -0.15) is 5.10 Å². The number of nitrogens with zero attached hydrogens (tertiary/aromatic N) is 2. The lowest BCUT2D eigenvalue weighted by atomic mass is 10.2. The summed E-state index contributed by atoms with van der Waals surface area (Å²) in [6.45, 7) is 2.74. The molecular weight excluding hydrogens is 342 g/mol. The number of carbonyl (C=O) groups excluding carboxylic acids is 1. The fourth-order valence-corrected chi connectivity index (χ4v) is 3.26. The van der Waals surface area contributed by atoms with Gasteiger partial charge in [-0.05, 0) is 36.1 Å². The van der Waals surface area contributed by atoms with Crippen LogP contribution in [0.25, 0.3) is 16.3 Å². The van der Waals surface area contributed by atoms with Gasteiger partial charge in [0.2, 0.25) is 0 Å². The van der Waals surface area contributed by atoms with Gasteiger partial charge in [0.25, 0.3) is 5.91 Å². The van der Waals surface area contributed by atoms with E-state index in [4.69, 9.17) is 11.6 Å². The van der Waals surface area contributed by atoms with Crippen LogP contribution in [-0.2, 0) is 0 Å². The van der Waals surface area contributed by atoms with Crippen molar-refractivity contribution in [3.05, 3.63) is 58.6 Å². The molecule has 24 heavy (non-hydrogen) atoms. The second-order valence-corrected chi connectivity index (χ2v) is 6.72. The maximum atomic E-state index is 12.6. The van der Waals surface area contributed by atoms with Crippen molar-refractivity contribution in [2.24, 2.45) is 0 Å². The monoisotopic (exact) mass is 359 g/mol. The van der Waals surface area contributed by atoms with Gasteiger partial charge in [0.05, 0.1) is 15.6 Å². The molecule has 0 aliphatic carbocycles. The minimum absolute atomic E-state index is 0.140. The van der Waals surface area contributed by atoms with Crippen molar-refractivity contribution in [1.82, 2.24) is 15.1 Å². The number of aromatic nitrogens is 2. The Balaban J connectivity index is 2.02. The second kappa shape index (κ2) is 7.64. The van der Waals surface area contributed by atoms with E-state index in [1.807, 2.05) is 41.8 Å².